The lowest BCUT2D eigenvalue weighted by atomic mass is 10.2. The van der Waals surface area contributed by atoms with Gasteiger partial charge in [-0.15, -0.1) is 0 Å². The molecule has 0 aromatic heterocycles. The topological polar surface area (TPSA) is 85.2 Å². The van der Waals surface area contributed by atoms with Gasteiger partial charge in [0.1, 0.15) is 0 Å². The van der Waals surface area contributed by atoms with Gasteiger partial charge in [0.25, 0.3) is 0 Å². The summed E-state index contributed by atoms with van der Waals surface area (Å²) in [4.78, 5) is 21.4. The average molecular weight is 215 g/mol. The number of hydrogen-bond donors (Lipinski definition) is 1. The fourth-order valence-electron chi connectivity index (χ4n) is 0.731. The first-order valence-electron chi connectivity index (χ1n) is 4.17. The van der Waals surface area contributed by atoms with E-state index < -0.39 is 11.9 Å². The third-order valence-corrected chi connectivity index (χ3v) is 1.55. The number of hydrogen-bond acceptors (Lipinski definition) is 6. The van der Waals surface area contributed by atoms with Crippen LogP contribution in [0.5, 0.6) is 0 Å². The Morgan fingerprint density at radius 1 is 1.20 bits per heavy atom. The molecule has 0 unspecified atom stereocenters. The number of rotatable bonds is 5. The smallest absolute Gasteiger partial charge is 0.330 e. The molecular weight excluding hydrogens is 202 g/mol. The van der Waals surface area contributed by atoms with E-state index in [4.69, 9.17) is 5.21 Å². The SMILES string of the molecule is COC(=O)/C=C/C(CCC(=O)OC)=N/O. The van der Waals surface area contributed by atoms with Gasteiger partial charge in [0.05, 0.1) is 26.4 Å². The molecule has 0 atom stereocenters. The van der Waals surface area contributed by atoms with Gasteiger partial charge < -0.3 is 14.7 Å². The predicted octanol–water partition coefficient (Wildman–Crippen LogP) is 0.499. The summed E-state index contributed by atoms with van der Waals surface area (Å²) in [5, 5.41) is 11.4. The monoisotopic (exact) mass is 215 g/mol. The van der Waals surface area contributed by atoms with E-state index in [1.807, 2.05) is 0 Å². The summed E-state index contributed by atoms with van der Waals surface area (Å²) >= 11 is 0. The molecule has 0 aliphatic rings. The van der Waals surface area contributed by atoms with Crippen LogP contribution in [-0.4, -0.2) is 37.1 Å². The Bertz CT molecular complexity index is 282. The summed E-state index contributed by atoms with van der Waals surface area (Å²) in [7, 11) is 2.50. The van der Waals surface area contributed by atoms with Crippen LogP contribution in [0.3, 0.4) is 0 Å². The molecule has 0 rings (SSSR count). The van der Waals surface area contributed by atoms with Crippen LogP contribution in [0.4, 0.5) is 0 Å². The van der Waals surface area contributed by atoms with Crippen LogP contribution in [0.25, 0.3) is 0 Å². The van der Waals surface area contributed by atoms with Crippen LogP contribution < -0.4 is 0 Å². The molecule has 6 nitrogen and oxygen atoms in total. The summed E-state index contributed by atoms with van der Waals surface area (Å²) in [6.07, 6.45) is 2.65. The molecule has 0 fully saturated rings. The molecule has 84 valence electrons. The van der Waals surface area contributed by atoms with E-state index in [0.29, 0.717) is 0 Å². The van der Waals surface area contributed by atoms with Gasteiger partial charge in [-0.2, -0.15) is 0 Å². The Hall–Kier alpha value is -1.85. The maximum absolute atomic E-state index is 10.8. The second-order valence-corrected chi connectivity index (χ2v) is 2.52. The number of esters is 2. The van der Waals surface area contributed by atoms with Crippen molar-refractivity contribution in [3.05, 3.63) is 12.2 Å². The zero-order chi connectivity index (χ0) is 11.7. The van der Waals surface area contributed by atoms with Crippen molar-refractivity contribution < 1.29 is 24.3 Å². The number of oxime groups is 1. The Morgan fingerprint density at radius 3 is 2.33 bits per heavy atom. The van der Waals surface area contributed by atoms with Crippen molar-refractivity contribution in [2.24, 2.45) is 5.16 Å². The van der Waals surface area contributed by atoms with E-state index in [1.165, 1.54) is 20.3 Å². The van der Waals surface area contributed by atoms with Crippen LogP contribution in [0, 0.1) is 0 Å². The minimum Gasteiger partial charge on any atom is -0.469 e. The van der Waals surface area contributed by atoms with Gasteiger partial charge in [0.2, 0.25) is 0 Å². The van der Waals surface area contributed by atoms with Crippen LogP contribution >= 0.6 is 0 Å². The molecule has 0 amide bonds. The lowest BCUT2D eigenvalue weighted by Crippen LogP contribution is -2.05. The summed E-state index contributed by atoms with van der Waals surface area (Å²) in [5.41, 5.74) is 0.200. The van der Waals surface area contributed by atoms with Crippen molar-refractivity contribution >= 4 is 17.7 Å². The summed E-state index contributed by atoms with van der Waals surface area (Å²) < 4.78 is 8.74. The first kappa shape index (κ1) is 13.2. The molecular formula is C9H13NO5. The fraction of sp³-hybridized carbons (Fsp3) is 0.444. The predicted molar refractivity (Wildman–Crippen MR) is 51.6 cm³/mol. The second kappa shape index (κ2) is 7.54. The Balaban J connectivity index is 4.11. The highest BCUT2D eigenvalue weighted by atomic mass is 16.5. The minimum absolute atomic E-state index is 0.0847. The van der Waals surface area contributed by atoms with Gasteiger partial charge in [-0.1, -0.05) is 5.16 Å². The number of nitrogens with zero attached hydrogens (tertiary/aromatic N) is 1. The lowest BCUT2D eigenvalue weighted by molar-refractivity contribution is -0.140. The van der Waals surface area contributed by atoms with E-state index in [1.54, 1.807) is 0 Å². The van der Waals surface area contributed by atoms with Crippen molar-refractivity contribution in [1.29, 1.82) is 0 Å². The second-order valence-electron chi connectivity index (χ2n) is 2.52. The molecule has 15 heavy (non-hydrogen) atoms. The quantitative estimate of drug-likeness (QED) is 0.237. The largest absolute Gasteiger partial charge is 0.469 e. The molecule has 0 aliphatic heterocycles. The lowest BCUT2D eigenvalue weighted by Gasteiger charge is -1.98. The summed E-state index contributed by atoms with van der Waals surface area (Å²) in [6.45, 7) is 0. The van der Waals surface area contributed by atoms with Crippen LogP contribution in [0.2, 0.25) is 0 Å². The number of ether oxygens (including phenoxy) is 2. The van der Waals surface area contributed by atoms with Gasteiger partial charge in [-0.05, 0) is 6.08 Å². The molecule has 0 aliphatic carbocycles. The third-order valence-electron chi connectivity index (χ3n) is 1.55. The fourth-order valence-corrected chi connectivity index (χ4v) is 0.731. The minimum atomic E-state index is -0.561. The van der Waals surface area contributed by atoms with Crippen molar-refractivity contribution in [2.45, 2.75) is 12.8 Å². The molecule has 0 bridgehead atoms. The van der Waals surface area contributed by atoms with Gasteiger partial charge in [0, 0.05) is 12.5 Å². The van der Waals surface area contributed by atoms with Crippen molar-refractivity contribution in [3.8, 4) is 0 Å². The summed E-state index contributed by atoms with van der Waals surface area (Å²) in [5.74, 6) is -0.975. The highest BCUT2D eigenvalue weighted by Crippen LogP contribution is 1.97. The normalized spacial score (nSPS) is 11.5. The molecule has 0 aromatic carbocycles. The first-order valence-corrected chi connectivity index (χ1v) is 4.17. The molecule has 0 radical (unpaired) electrons. The van der Waals surface area contributed by atoms with E-state index in [-0.39, 0.29) is 18.6 Å². The van der Waals surface area contributed by atoms with Gasteiger partial charge in [0.15, 0.2) is 0 Å². The molecule has 1 N–H and O–H groups in total. The molecule has 0 heterocycles. The first-order chi connectivity index (χ1) is 7.13. The van der Waals surface area contributed by atoms with Crippen molar-refractivity contribution in [1.82, 2.24) is 0 Å². The van der Waals surface area contributed by atoms with Crippen molar-refractivity contribution in [2.75, 3.05) is 14.2 Å². The standard InChI is InChI=1S/C9H13NO5/c1-14-8(11)5-3-7(10-13)4-6-9(12)15-2/h3,5,13H,4,6H2,1-2H3/b5-3+,10-7-. The van der Waals surface area contributed by atoms with E-state index in [2.05, 4.69) is 14.6 Å². The highest BCUT2D eigenvalue weighted by molar-refractivity contribution is 6.00. The van der Waals surface area contributed by atoms with E-state index >= 15 is 0 Å². The number of allylic oxidation sites excluding steroid dienone is 1. The zero-order valence-electron chi connectivity index (χ0n) is 8.60. The number of carbonyl (C=O) groups is 2. The Kier molecular flexibility index (Phi) is 6.61. The highest BCUT2D eigenvalue weighted by Gasteiger charge is 2.03. The van der Waals surface area contributed by atoms with E-state index in [0.717, 1.165) is 6.08 Å². The Morgan fingerprint density at radius 2 is 1.87 bits per heavy atom. The van der Waals surface area contributed by atoms with Gasteiger partial charge >= 0.3 is 11.9 Å². The molecule has 0 saturated heterocycles. The number of carbonyl (C=O) groups excluding carboxylic acids is 2. The van der Waals surface area contributed by atoms with E-state index in [9.17, 15) is 9.59 Å². The maximum Gasteiger partial charge on any atom is 0.330 e. The molecule has 6 heteroatoms. The summed E-state index contributed by atoms with van der Waals surface area (Å²) in [6, 6.07) is 0. The third kappa shape index (κ3) is 6.25. The average Bonchev–Trinajstić information content (AvgIpc) is 2.28. The van der Waals surface area contributed by atoms with Crippen LogP contribution in [-0.2, 0) is 19.1 Å². The number of methoxy groups -OCH3 is 2. The molecule has 0 saturated carbocycles. The Labute approximate surface area is 87.2 Å². The molecule has 0 spiro atoms. The van der Waals surface area contributed by atoms with Crippen LogP contribution in [0.15, 0.2) is 17.3 Å². The molecule has 0 aromatic rings. The van der Waals surface area contributed by atoms with Gasteiger partial charge in [-0.25, -0.2) is 4.79 Å². The maximum atomic E-state index is 10.8. The zero-order valence-corrected chi connectivity index (χ0v) is 8.60. The van der Waals surface area contributed by atoms with Crippen molar-refractivity contribution in [3.63, 3.8) is 0 Å². The van der Waals surface area contributed by atoms with Crippen LogP contribution in [0.1, 0.15) is 12.8 Å². The van der Waals surface area contributed by atoms with Gasteiger partial charge in [-0.3, -0.25) is 4.79 Å².